The Labute approximate surface area is 172 Å². The third-order valence-electron chi connectivity index (χ3n) is 4.88. The molecule has 0 aliphatic carbocycles. The molecule has 2 aromatic heterocycles. The minimum absolute atomic E-state index is 0.0133. The summed E-state index contributed by atoms with van der Waals surface area (Å²) >= 11 is 3.09. The number of benzene rings is 1. The fourth-order valence-electron chi connectivity index (χ4n) is 3.27. The number of thioether (sulfide) groups is 1. The van der Waals surface area contributed by atoms with E-state index in [2.05, 4.69) is 51.9 Å². The number of carbonyl (C=O) groups excluding carboxylic acids is 1. The van der Waals surface area contributed by atoms with Crippen LogP contribution >= 0.6 is 23.1 Å². The SMILES string of the molecule is Cc1ccc(-c2csc3ncnc(S[C@@H](C)C(=O)NC[C@H]4CCCO4)c23)cc1. The summed E-state index contributed by atoms with van der Waals surface area (Å²) in [6.07, 6.45) is 3.82. The molecule has 1 N–H and O–H groups in total. The number of nitrogens with one attached hydrogen (secondary N) is 1. The van der Waals surface area contributed by atoms with E-state index >= 15 is 0 Å². The van der Waals surface area contributed by atoms with Crippen LogP contribution in [0.3, 0.4) is 0 Å². The van der Waals surface area contributed by atoms with Crippen LogP contribution in [0.4, 0.5) is 0 Å². The molecule has 0 saturated carbocycles. The van der Waals surface area contributed by atoms with Gasteiger partial charge in [-0.05, 0) is 32.3 Å². The average Bonchev–Trinajstić information content (AvgIpc) is 3.37. The highest BCUT2D eigenvalue weighted by Gasteiger charge is 2.22. The molecule has 0 spiro atoms. The molecule has 4 rings (SSSR count). The smallest absolute Gasteiger partial charge is 0.233 e. The van der Waals surface area contributed by atoms with E-state index in [-0.39, 0.29) is 17.3 Å². The number of thiophene rings is 1. The second-order valence-corrected chi connectivity index (χ2v) is 9.20. The van der Waals surface area contributed by atoms with Gasteiger partial charge in [-0.1, -0.05) is 41.6 Å². The average molecular weight is 414 g/mol. The summed E-state index contributed by atoms with van der Waals surface area (Å²) in [5.74, 6) is 0.0133. The lowest BCUT2D eigenvalue weighted by molar-refractivity contribution is -0.120. The van der Waals surface area contributed by atoms with E-state index in [4.69, 9.17) is 4.74 Å². The van der Waals surface area contributed by atoms with Gasteiger partial charge in [-0.2, -0.15) is 0 Å². The van der Waals surface area contributed by atoms with E-state index in [1.165, 1.54) is 17.3 Å². The largest absolute Gasteiger partial charge is 0.376 e. The van der Waals surface area contributed by atoms with Crippen molar-refractivity contribution in [1.29, 1.82) is 0 Å². The lowest BCUT2D eigenvalue weighted by atomic mass is 10.1. The number of amides is 1. The Morgan fingerprint density at radius 2 is 2.18 bits per heavy atom. The highest BCUT2D eigenvalue weighted by Crippen LogP contribution is 2.39. The first-order chi connectivity index (χ1) is 13.6. The minimum Gasteiger partial charge on any atom is -0.376 e. The highest BCUT2D eigenvalue weighted by molar-refractivity contribution is 8.00. The molecule has 3 heterocycles. The third kappa shape index (κ3) is 4.21. The van der Waals surface area contributed by atoms with Crippen molar-refractivity contribution in [2.45, 2.75) is 43.1 Å². The Morgan fingerprint density at radius 1 is 1.36 bits per heavy atom. The van der Waals surface area contributed by atoms with Gasteiger partial charge in [0.05, 0.1) is 16.7 Å². The highest BCUT2D eigenvalue weighted by atomic mass is 32.2. The van der Waals surface area contributed by atoms with Gasteiger partial charge in [0.15, 0.2) is 0 Å². The number of hydrogen-bond donors (Lipinski definition) is 1. The molecule has 5 nitrogen and oxygen atoms in total. The van der Waals surface area contributed by atoms with Crippen LogP contribution in [-0.4, -0.2) is 40.4 Å². The van der Waals surface area contributed by atoms with E-state index in [0.717, 1.165) is 45.8 Å². The van der Waals surface area contributed by atoms with E-state index in [9.17, 15) is 4.79 Å². The van der Waals surface area contributed by atoms with Gasteiger partial charge >= 0.3 is 0 Å². The van der Waals surface area contributed by atoms with Crippen molar-refractivity contribution < 1.29 is 9.53 Å². The maximum atomic E-state index is 12.5. The predicted molar refractivity (Wildman–Crippen MR) is 115 cm³/mol. The first-order valence-electron chi connectivity index (χ1n) is 9.47. The molecule has 7 heteroatoms. The zero-order valence-electron chi connectivity index (χ0n) is 16.0. The maximum absolute atomic E-state index is 12.5. The lowest BCUT2D eigenvalue weighted by Gasteiger charge is -2.15. The van der Waals surface area contributed by atoms with Crippen LogP contribution in [0.25, 0.3) is 21.3 Å². The first kappa shape index (κ1) is 19.4. The van der Waals surface area contributed by atoms with Crippen molar-refractivity contribution in [3.8, 4) is 11.1 Å². The zero-order chi connectivity index (χ0) is 19.5. The molecule has 146 valence electrons. The minimum atomic E-state index is -0.245. The van der Waals surface area contributed by atoms with Gasteiger partial charge in [0.25, 0.3) is 0 Å². The molecule has 1 aliphatic rings. The molecule has 0 unspecified atom stereocenters. The first-order valence-corrected chi connectivity index (χ1v) is 11.2. The van der Waals surface area contributed by atoms with Gasteiger partial charge in [-0.3, -0.25) is 4.79 Å². The van der Waals surface area contributed by atoms with Crippen molar-refractivity contribution in [2.75, 3.05) is 13.2 Å². The molecular weight excluding hydrogens is 390 g/mol. The molecule has 1 saturated heterocycles. The van der Waals surface area contributed by atoms with Crippen molar-refractivity contribution >= 4 is 39.2 Å². The van der Waals surface area contributed by atoms with Crippen LogP contribution in [0.1, 0.15) is 25.3 Å². The molecule has 3 aromatic rings. The summed E-state index contributed by atoms with van der Waals surface area (Å²) in [6, 6.07) is 8.46. The normalized spacial score (nSPS) is 17.7. The number of rotatable bonds is 6. The fourth-order valence-corrected chi connectivity index (χ4v) is 5.21. The van der Waals surface area contributed by atoms with E-state index in [1.807, 2.05) is 6.92 Å². The summed E-state index contributed by atoms with van der Waals surface area (Å²) in [5.41, 5.74) is 3.49. The molecule has 1 fully saturated rings. The van der Waals surface area contributed by atoms with E-state index in [0.29, 0.717) is 6.54 Å². The Hall–Kier alpha value is -1.96. The molecule has 2 atom stereocenters. The Bertz CT molecular complexity index is 965. The second kappa shape index (κ2) is 8.59. The number of ether oxygens (including phenoxy) is 1. The van der Waals surface area contributed by atoms with Crippen LogP contribution in [0.2, 0.25) is 0 Å². The van der Waals surface area contributed by atoms with E-state index in [1.54, 1.807) is 17.7 Å². The molecular formula is C21H23N3O2S2. The van der Waals surface area contributed by atoms with Gasteiger partial charge in [0, 0.05) is 24.1 Å². The van der Waals surface area contributed by atoms with Gasteiger partial charge in [-0.15, -0.1) is 11.3 Å². The van der Waals surface area contributed by atoms with Crippen molar-refractivity contribution in [3.05, 3.63) is 41.5 Å². The summed E-state index contributed by atoms with van der Waals surface area (Å²) in [6.45, 7) is 5.37. The van der Waals surface area contributed by atoms with E-state index < -0.39 is 0 Å². The number of aromatic nitrogens is 2. The maximum Gasteiger partial charge on any atom is 0.233 e. The van der Waals surface area contributed by atoms with Crippen molar-refractivity contribution in [1.82, 2.24) is 15.3 Å². The van der Waals surface area contributed by atoms with Gasteiger partial charge in [0.2, 0.25) is 5.91 Å². The van der Waals surface area contributed by atoms with Crippen LogP contribution in [0.15, 0.2) is 41.0 Å². The molecule has 0 radical (unpaired) electrons. The molecule has 0 bridgehead atoms. The standard InChI is InChI=1S/C21H23N3O2S2/c1-13-5-7-15(8-6-13)17-11-27-20-18(17)21(24-12-23-20)28-14(2)19(25)22-10-16-4-3-9-26-16/h5-8,11-12,14,16H,3-4,9-10H2,1-2H3,(H,22,25)/t14-,16+/m0/s1. The second-order valence-electron chi connectivity index (χ2n) is 7.01. The molecule has 1 amide bonds. The Balaban J connectivity index is 1.53. The molecule has 28 heavy (non-hydrogen) atoms. The van der Waals surface area contributed by atoms with Gasteiger partial charge in [0.1, 0.15) is 16.2 Å². The third-order valence-corrected chi connectivity index (χ3v) is 6.87. The lowest BCUT2D eigenvalue weighted by Crippen LogP contribution is -2.36. The summed E-state index contributed by atoms with van der Waals surface area (Å²) in [5, 5.41) is 6.77. The topological polar surface area (TPSA) is 64.1 Å². The van der Waals surface area contributed by atoms with Crippen LogP contribution in [0.5, 0.6) is 0 Å². The number of fused-ring (bicyclic) bond motifs is 1. The zero-order valence-corrected chi connectivity index (χ0v) is 17.6. The van der Waals surface area contributed by atoms with Crippen LogP contribution in [0, 0.1) is 6.92 Å². The molecule has 1 aromatic carbocycles. The summed E-state index contributed by atoms with van der Waals surface area (Å²) in [4.78, 5) is 22.4. The predicted octanol–water partition coefficient (Wildman–Crippen LogP) is 4.44. The summed E-state index contributed by atoms with van der Waals surface area (Å²) in [7, 11) is 0. The number of hydrogen-bond acceptors (Lipinski definition) is 6. The number of aryl methyl sites for hydroxylation is 1. The van der Waals surface area contributed by atoms with Gasteiger partial charge in [-0.25, -0.2) is 9.97 Å². The summed E-state index contributed by atoms with van der Waals surface area (Å²) < 4.78 is 5.58. The number of nitrogens with zero attached hydrogens (tertiary/aromatic N) is 2. The number of carbonyl (C=O) groups is 1. The quantitative estimate of drug-likeness (QED) is 0.478. The van der Waals surface area contributed by atoms with Crippen LogP contribution < -0.4 is 5.32 Å². The van der Waals surface area contributed by atoms with Gasteiger partial charge < -0.3 is 10.1 Å². The Morgan fingerprint density at radius 3 is 2.93 bits per heavy atom. The monoisotopic (exact) mass is 413 g/mol. The van der Waals surface area contributed by atoms with Crippen LogP contribution in [-0.2, 0) is 9.53 Å². The van der Waals surface area contributed by atoms with Crippen molar-refractivity contribution in [2.24, 2.45) is 0 Å². The molecule has 1 aliphatic heterocycles. The van der Waals surface area contributed by atoms with Crippen molar-refractivity contribution in [3.63, 3.8) is 0 Å². The fraction of sp³-hybridized carbons (Fsp3) is 0.381. The Kier molecular flexibility index (Phi) is 5.94.